The summed E-state index contributed by atoms with van der Waals surface area (Å²) in [5.74, 6) is 0. The molecule has 1 aliphatic heterocycles. The van der Waals surface area contributed by atoms with E-state index < -0.39 is 11.7 Å². The first-order valence-electron chi connectivity index (χ1n) is 6.65. The predicted molar refractivity (Wildman–Crippen MR) is 75.3 cm³/mol. The molecule has 2 nitrogen and oxygen atoms in total. The number of anilines is 1. The molecule has 1 heterocycles. The van der Waals surface area contributed by atoms with Crippen molar-refractivity contribution in [2.45, 2.75) is 38.5 Å². The van der Waals surface area contributed by atoms with E-state index in [1.54, 1.807) is 0 Å². The molecule has 6 heteroatoms. The second-order valence-corrected chi connectivity index (χ2v) is 5.82. The van der Waals surface area contributed by atoms with Crippen LogP contribution in [0.15, 0.2) is 18.2 Å². The average molecular weight is 307 g/mol. The van der Waals surface area contributed by atoms with E-state index in [-0.39, 0.29) is 5.02 Å². The van der Waals surface area contributed by atoms with Gasteiger partial charge in [0.15, 0.2) is 0 Å². The number of hydrogen-bond acceptors (Lipinski definition) is 2. The molecule has 0 amide bonds. The van der Waals surface area contributed by atoms with Crippen LogP contribution < -0.4 is 10.2 Å². The van der Waals surface area contributed by atoms with Crippen molar-refractivity contribution in [3.05, 3.63) is 28.8 Å². The lowest BCUT2D eigenvalue weighted by Gasteiger charge is -2.22. The maximum atomic E-state index is 12.6. The molecule has 2 rings (SSSR count). The quantitative estimate of drug-likeness (QED) is 0.910. The monoisotopic (exact) mass is 306 g/mol. The second kappa shape index (κ2) is 5.82. The van der Waals surface area contributed by atoms with Crippen molar-refractivity contribution < 1.29 is 13.2 Å². The van der Waals surface area contributed by atoms with E-state index in [9.17, 15) is 13.2 Å². The van der Waals surface area contributed by atoms with Crippen molar-refractivity contribution in [3.8, 4) is 0 Å². The fourth-order valence-corrected chi connectivity index (χ4v) is 2.83. The van der Waals surface area contributed by atoms with Crippen molar-refractivity contribution in [1.82, 2.24) is 5.32 Å². The summed E-state index contributed by atoms with van der Waals surface area (Å²) in [4.78, 5) is 2.03. The highest BCUT2D eigenvalue weighted by molar-refractivity contribution is 6.33. The van der Waals surface area contributed by atoms with Crippen LogP contribution in [0.25, 0.3) is 0 Å². The normalized spacial score (nSPS) is 19.9. The van der Waals surface area contributed by atoms with Crippen LogP contribution in [-0.4, -0.2) is 25.2 Å². The highest BCUT2D eigenvalue weighted by Crippen LogP contribution is 2.36. The maximum Gasteiger partial charge on any atom is 0.416 e. The lowest BCUT2D eigenvalue weighted by molar-refractivity contribution is -0.137. The van der Waals surface area contributed by atoms with Crippen LogP contribution in [0.1, 0.15) is 25.8 Å². The summed E-state index contributed by atoms with van der Waals surface area (Å²) < 4.78 is 37.8. The van der Waals surface area contributed by atoms with Gasteiger partial charge in [-0.3, -0.25) is 0 Å². The van der Waals surface area contributed by atoms with Gasteiger partial charge in [-0.05, 0) is 24.6 Å². The molecule has 0 aromatic heterocycles. The SMILES string of the molecule is CC(C)NC1CCN(c2ccc(C(F)(F)F)cc2Cl)C1. The van der Waals surface area contributed by atoms with Crippen molar-refractivity contribution in [2.24, 2.45) is 0 Å². The minimum Gasteiger partial charge on any atom is -0.369 e. The number of nitrogens with zero attached hydrogens (tertiary/aromatic N) is 1. The highest BCUT2D eigenvalue weighted by Gasteiger charge is 2.32. The molecular formula is C14H18ClF3N2. The highest BCUT2D eigenvalue weighted by atomic mass is 35.5. The molecular weight excluding hydrogens is 289 g/mol. The number of hydrogen-bond donors (Lipinski definition) is 1. The van der Waals surface area contributed by atoms with E-state index in [2.05, 4.69) is 19.2 Å². The Labute approximate surface area is 121 Å². The van der Waals surface area contributed by atoms with Crippen molar-refractivity contribution in [1.29, 1.82) is 0 Å². The standard InChI is InChI=1S/C14H18ClF3N2/c1-9(2)19-11-5-6-20(8-11)13-4-3-10(7-12(13)15)14(16,17)18/h3-4,7,9,11,19H,5-6,8H2,1-2H3. The molecule has 1 saturated heterocycles. The summed E-state index contributed by atoms with van der Waals surface area (Å²) in [6, 6.07) is 4.30. The smallest absolute Gasteiger partial charge is 0.369 e. The minimum atomic E-state index is -4.35. The molecule has 1 aliphatic rings. The third kappa shape index (κ3) is 3.58. The van der Waals surface area contributed by atoms with Gasteiger partial charge in [0.05, 0.1) is 16.3 Å². The van der Waals surface area contributed by atoms with E-state index in [4.69, 9.17) is 11.6 Å². The Kier molecular flexibility index (Phi) is 4.49. The van der Waals surface area contributed by atoms with Crippen LogP contribution in [-0.2, 0) is 6.18 Å². The van der Waals surface area contributed by atoms with Crippen molar-refractivity contribution in [3.63, 3.8) is 0 Å². The second-order valence-electron chi connectivity index (χ2n) is 5.42. The first kappa shape index (κ1) is 15.4. The molecule has 0 aliphatic carbocycles. The summed E-state index contributed by atoms with van der Waals surface area (Å²) in [5, 5.41) is 3.59. The van der Waals surface area contributed by atoms with Gasteiger partial charge in [-0.1, -0.05) is 25.4 Å². The van der Waals surface area contributed by atoms with Gasteiger partial charge in [0.1, 0.15) is 0 Å². The molecule has 0 radical (unpaired) electrons. The zero-order valence-corrected chi connectivity index (χ0v) is 12.2. The van der Waals surface area contributed by atoms with E-state index in [1.807, 2.05) is 4.90 Å². The Morgan fingerprint density at radius 3 is 2.60 bits per heavy atom. The van der Waals surface area contributed by atoms with Gasteiger partial charge in [0.25, 0.3) is 0 Å². The Bertz CT molecular complexity index is 474. The molecule has 1 unspecified atom stereocenters. The van der Waals surface area contributed by atoms with Gasteiger partial charge >= 0.3 is 6.18 Å². The Morgan fingerprint density at radius 2 is 2.05 bits per heavy atom. The lowest BCUT2D eigenvalue weighted by Crippen LogP contribution is -2.37. The van der Waals surface area contributed by atoms with Gasteiger partial charge in [0, 0.05) is 25.2 Å². The Balaban J connectivity index is 2.11. The summed E-state index contributed by atoms with van der Waals surface area (Å²) in [5.41, 5.74) is -0.0324. The van der Waals surface area contributed by atoms with E-state index in [0.717, 1.165) is 31.6 Å². The molecule has 1 aromatic carbocycles. The Morgan fingerprint density at radius 1 is 1.35 bits per heavy atom. The molecule has 0 saturated carbocycles. The third-order valence-electron chi connectivity index (χ3n) is 3.37. The summed E-state index contributed by atoms with van der Waals surface area (Å²) >= 11 is 6.01. The topological polar surface area (TPSA) is 15.3 Å². The molecule has 1 fully saturated rings. The van der Waals surface area contributed by atoms with Crippen molar-refractivity contribution >= 4 is 17.3 Å². The third-order valence-corrected chi connectivity index (χ3v) is 3.68. The van der Waals surface area contributed by atoms with E-state index >= 15 is 0 Å². The van der Waals surface area contributed by atoms with E-state index in [0.29, 0.717) is 17.8 Å². The van der Waals surface area contributed by atoms with Crippen LogP contribution in [0.2, 0.25) is 5.02 Å². The van der Waals surface area contributed by atoms with Crippen LogP contribution in [0.4, 0.5) is 18.9 Å². The van der Waals surface area contributed by atoms with Gasteiger partial charge < -0.3 is 10.2 Å². The number of nitrogens with one attached hydrogen (secondary N) is 1. The van der Waals surface area contributed by atoms with Gasteiger partial charge in [0.2, 0.25) is 0 Å². The summed E-state index contributed by atoms with van der Waals surface area (Å²) in [6.07, 6.45) is -3.38. The van der Waals surface area contributed by atoms with Gasteiger partial charge in [-0.2, -0.15) is 13.2 Å². The van der Waals surface area contributed by atoms with Crippen LogP contribution in [0, 0.1) is 0 Å². The predicted octanol–water partition coefficient (Wildman–Crippen LogP) is 3.94. The number of alkyl halides is 3. The number of halogens is 4. The summed E-state index contributed by atoms with van der Waals surface area (Å²) in [7, 11) is 0. The van der Waals surface area contributed by atoms with Crippen LogP contribution in [0.5, 0.6) is 0 Å². The fourth-order valence-electron chi connectivity index (χ4n) is 2.53. The first-order valence-corrected chi connectivity index (χ1v) is 7.03. The van der Waals surface area contributed by atoms with Crippen molar-refractivity contribution in [2.75, 3.05) is 18.0 Å². The van der Waals surface area contributed by atoms with Crippen LogP contribution >= 0.6 is 11.6 Å². The molecule has 0 bridgehead atoms. The number of rotatable bonds is 3. The molecule has 0 spiro atoms. The molecule has 112 valence electrons. The molecule has 1 atom stereocenters. The van der Waals surface area contributed by atoms with Gasteiger partial charge in [-0.25, -0.2) is 0 Å². The minimum absolute atomic E-state index is 0.157. The van der Waals surface area contributed by atoms with Gasteiger partial charge in [-0.15, -0.1) is 0 Å². The van der Waals surface area contributed by atoms with E-state index in [1.165, 1.54) is 6.07 Å². The Hall–Kier alpha value is -0.940. The lowest BCUT2D eigenvalue weighted by atomic mass is 10.2. The molecule has 1 N–H and O–H groups in total. The molecule has 1 aromatic rings. The average Bonchev–Trinajstić information content (AvgIpc) is 2.75. The number of benzene rings is 1. The maximum absolute atomic E-state index is 12.6. The first-order chi connectivity index (χ1) is 9.27. The zero-order chi connectivity index (χ0) is 14.9. The fraction of sp³-hybridized carbons (Fsp3) is 0.571. The molecule has 20 heavy (non-hydrogen) atoms. The largest absolute Gasteiger partial charge is 0.416 e. The summed E-state index contributed by atoms with van der Waals surface area (Å²) in [6.45, 7) is 5.72. The zero-order valence-electron chi connectivity index (χ0n) is 11.5. The van der Waals surface area contributed by atoms with Crippen LogP contribution in [0.3, 0.4) is 0 Å².